The highest BCUT2D eigenvalue weighted by atomic mass is 16.5. The van der Waals surface area contributed by atoms with Crippen LogP contribution < -0.4 is 5.32 Å². The van der Waals surface area contributed by atoms with Crippen LogP contribution in [0.3, 0.4) is 0 Å². The zero-order valence-electron chi connectivity index (χ0n) is 14.2. The second-order valence-corrected chi connectivity index (χ2v) is 6.65. The number of rotatable bonds is 5. The van der Waals surface area contributed by atoms with Gasteiger partial charge in [0.2, 0.25) is 11.7 Å². The standard InChI is InChI=1S/C18H23N5O2/c24-18-19-9-12-23(18)15-7-4-10-22(13-15)11-8-16-20-17(21-25-16)14-5-2-1-3-6-14/h1-3,5-6,15H,4,7-13H2,(H,19,24)/t15-/m0/s1. The SMILES string of the molecule is O=C1NCCN1[C@H]1CCCN(CCc2nc(-c3ccccc3)no2)C1. The first-order chi connectivity index (χ1) is 12.3. The monoisotopic (exact) mass is 341 g/mol. The fourth-order valence-electron chi connectivity index (χ4n) is 3.64. The molecule has 1 atom stereocenters. The van der Waals surface area contributed by atoms with E-state index in [0.717, 1.165) is 57.5 Å². The van der Waals surface area contributed by atoms with Gasteiger partial charge in [-0.15, -0.1) is 0 Å². The van der Waals surface area contributed by atoms with Crippen molar-refractivity contribution in [2.24, 2.45) is 0 Å². The molecule has 0 aliphatic carbocycles. The summed E-state index contributed by atoms with van der Waals surface area (Å²) in [7, 11) is 0. The van der Waals surface area contributed by atoms with Gasteiger partial charge in [-0.05, 0) is 19.4 Å². The smallest absolute Gasteiger partial charge is 0.317 e. The van der Waals surface area contributed by atoms with Gasteiger partial charge in [-0.2, -0.15) is 4.98 Å². The van der Waals surface area contributed by atoms with Crippen LogP contribution >= 0.6 is 0 Å². The first kappa shape index (κ1) is 16.1. The van der Waals surface area contributed by atoms with Gasteiger partial charge in [0.05, 0.1) is 0 Å². The lowest BCUT2D eigenvalue weighted by Gasteiger charge is -2.36. The number of carbonyl (C=O) groups is 1. The number of piperidine rings is 1. The Morgan fingerprint density at radius 3 is 2.92 bits per heavy atom. The van der Waals surface area contributed by atoms with Gasteiger partial charge in [0, 0.05) is 44.2 Å². The Hall–Kier alpha value is -2.41. The van der Waals surface area contributed by atoms with Gasteiger partial charge in [-0.25, -0.2) is 4.79 Å². The van der Waals surface area contributed by atoms with E-state index in [1.54, 1.807) is 0 Å². The molecule has 2 fully saturated rings. The highest BCUT2D eigenvalue weighted by Gasteiger charge is 2.31. The summed E-state index contributed by atoms with van der Waals surface area (Å²) in [5.74, 6) is 1.31. The minimum absolute atomic E-state index is 0.0799. The molecule has 0 bridgehead atoms. The lowest BCUT2D eigenvalue weighted by Crippen LogP contribution is -2.49. The molecule has 2 saturated heterocycles. The predicted octanol–water partition coefficient (Wildman–Crippen LogP) is 1.77. The second kappa shape index (κ2) is 7.23. The molecule has 25 heavy (non-hydrogen) atoms. The Kier molecular flexibility index (Phi) is 4.65. The van der Waals surface area contributed by atoms with Gasteiger partial charge in [0.15, 0.2) is 0 Å². The van der Waals surface area contributed by atoms with E-state index in [9.17, 15) is 4.79 Å². The van der Waals surface area contributed by atoms with Crippen LogP contribution in [-0.4, -0.2) is 64.7 Å². The molecule has 0 saturated carbocycles. The number of carbonyl (C=O) groups excluding carboxylic acids is 1. The minimum Gasteiger partial charge on any atom is -0.339 e. The zero-order chi connectivity index (χ0) is 17.1. The van der Waals surface area contributed by atoms with E-state index in [2.05, 4.69) is 20.4 Å². The number of hydrogen-bond acceptors (Lipinski definition) is 5. The summed E-state index contributed by atoms with van der Waals surface area (Å²) in [5.41, 5.74) is 0.968. The molecule has 7 nitrogen and oxygen atoms in total. The molecular weight excluding hydrogens is 318 g/mol. The third kappa shape index (κ3) is 3.66. The molecule has 4 rings (SSSR count). The van der Waals surface area contributed by atoms with Crippen molar-refractivity contribution in [3.63, 3.8) is 0 Å². The molecule has 3 heterocycles. The summed E-state index contributed by atoms with van der Waals surface area (Å²) in [6.07, 6.45) is 2.94. The van der Waals surface area contributed by atoms with Crippen LogP contribution in [-0.2, 0) is 6.42 Å². The van der Waals surface area contributed by atoms with Crippen molar-refractivity contribution in [2.75, 3.05) is 32.7 Å². The van der Waals surface area contributed by atoms with Crippen molar-refractivity contribution in [1.82, 2.24) is 25.3 Å². The molecule has 1 N–H and O–H groups in total. The molecule has 0 radical (unpaired) electrons. The van der Waals surface area contributed by atoms with Crippen LogP contribution in [0.15, 0.2) is 34.9 Å². The fraction of sp³-hybridized carbons (Fsp3) is 0.500. The number of nitrogens with one attached hydrogen (secondary N) is 1. The Bertz CT molecular complexity index is 717. The molecule has 2 aliphatic rings. The number of aromatic nitrogens is 2. The van der Waals surface area contributed by atoms with Gasteiger partial charge >= 0.3 is 6.03 Å². The molecule has 132 valence electrons. The Morgan fingerprint density at radius 1 is 1.24 bits per heavy atom. The van der Waals surface area contributed by atoms with Crippen molar-refractivity contribution >= 4 is 6.03 Å². The summed E-state index contributed by atoms with van der Waals surface area (Å²) >= 11 is 0. The van der Waals surface area contributed by atoms with Gasteiger partial charge in [-0.1, -0.05) is 35.5 Å². The van der Waals surface area contributed by atoms with E-state index in [0.29, 0.717) is 17.8 Å². The maximum absolute atomic E-state index is 11.9. The molecule has 1 aromatic heterocycles. The van der Waals surface area contributed by atoms with Gasteiger partial charge in [0.25, 0.3) is 0 Å². The van der Waals surface area contributed by atoms with E-state index >= 15 is 0 Å². The quantitative estimate of drug-likeness (QED) is 0.897. The number of amides is 2. The third-order valence-electron chi connectivity index (χ3n) is 4.95. The Balaban J connectivity index is 1.32. The highest BCUT2D eigenvalue weighted by molar-refractivity contribution is 5.76. The van der Waals surface area contributed by atoms with Crippen LogP contribution in [0.4, 0.5) is 4.79 Å². The molecule has 1 aromatic carbocycles. The molecule has 0 spiro atoms. The second-order valence-electron chi connectivity index (χ2n) is 6.65. The average Bonchev–Trinajstić information content (AvgIpc) is 3.30. The van der Waals surface area contributed by atoms with Crippen LogP contribution in [0, 0.1) is 0 Å². The lowest BCUT2D eigenvalue weighted by molar-refractivity contribution is 0.125. The van der Waals surface area contributed by atoms with Crippen molar-refractivity contribution < 1.29 is 9.32 Å². The van der Waals surface area contributed by atoms with Crippen LogP contribution in [0.2, 0.25) is 0 Å². The van der Waals surface area contributed by atoms with E-state index in [1.165, 1.54) is 0 Å². The summed E-state index contributed by atoms with van der Waals surface area (Å²) < 4.78 is 5.39. The normalized spacial score (nSPS) is 21.5. The van der Waals surface area contributed by atoms with Gasteiger partial charge in [0.1, 0.15) is 0 Å². The highest BCUT2D eigenvalue weighted by Crippen LogP contribution is 2.19. The molecule has 0 unspecified atom stereocenters. The van der Waals surface area contributed by atoms with Crippen molar-refractivity contribution in [3.8, 4) is 11.4 Å². The summed E-state index contributed by atoms with van der Waals surface area (Å²) in [6, 6.07) is 10.3. The van der Waals surface area contributed by atoms with E-state index in [1.807, 2.05) is 35.2 Å². The number of likely N-dealkylation sites (tertiary alicyclic amines) is 1. The van der Waals surface area contributed by atoms with E-state index in [-0.39, 0.29) is 6.03 Å². The van der Waals surface area contributed by atoms with E-state index in [4.69, 9.17) is 4.52 Å². The topological polar surface area (TPSA) is 74.5 Å². The maximum Gasteiger partial charge on any atom is 0.317 e. The van der Waals surface area contributed by atoms with Crippen molar-refractivity contribution in [1.29, 1.82) is 0 Å². The molecule has 7 heteroatoms. The number of urea groups is 1. The minimum atomic E-state index is 0.0799. The summed E-state index contributed by atoms with van der Waals surface area (Å²) in [6.45, 7) is 4.45. The van der Waals surface area contributed by atoms with Crippen molar-refractivity contribution in [3.05, 3.63) is 36.2 Å². The Morgan fingerprint density at radius 2 is 2.12 bits per heavy atom. The van der Waals surface area contributed by atoms with Gasteiger partial charge < -0.3 is 19.6 Å². The first-order valence-electron chi connectivity index (χ1n) is 8.94. The average molecular weight is 341 g/mol. The fourth-order valence-corrected chi connectivity index (χ4v) is 3.64. The number of hydrogen-bond donors (Lipinski definition) is 1. The predicted molar refractivity (Wildman–Crippen MR) is 93.0 cm³/mol. The third-order valence-corrected chi connectivity index (χ3v) is 4.95. The molecule has 2 aromatic rings. The zero-order valence-corrected chi connectivity index (χ0v) is 14.2. The van der Waals surface area contributed by atoms with Crippen LogP contribution in [0.25, 0.3) is 11.4 Å². The van der Waals surface area contributed by atoms with Crippen LogP contribution in [0.1, 0.15) is 18.7 Å². The lowest BCUT2D eigenvalue weighted by atomic mass is 10.0. The first-order valence-corrected chi connectivity index (χ1v) is 8.94. The molecule has 2 amide bonds. The molecule has 2 aliphatic heterocycles. The number of benzene rings is 1. The Labute approximate surface area is 147 Å². The van der Waals surface area contributed by atoms with Crippen LogP contribution in [0.5, 0.6) is 0 Å². The van der Waals surface area contributed by atoms with Gasteiger partial charge in [-0.3, -0.25) is 0 Å². The number of nitrogens with zero attached hydrogens (tertiary/aromatic N) is 4. The largest absolute Gasteiger partial charge is 0.339 e. The van der Waals surface area contributed by atoms with Crippen molar-refractivity contribution in [2.45, 2.75) is 25.3 Å². The molecular formula is C18H23N5O2. The summed E-state index contributed by atoms with van der Waals surface area (Å²) in [5, 5.41) is 6.97. The maximum atomic E-state index is 11.9. The van der Waals surface area contributed by atoms with E-state index < -0.39 is 0 Å². The summed E-state index contributed by atoms with van der Waals surface area (Å²) in [4.78, 5) is 20.7.